The molecule has 3 saturated carbocycles. The number of nitrogens with two attached hydrogens (primary N) is 2. The Bertz CT molecular complexity index is 3920. The summed E-state index contributed by atoms with van der Waals surface area (Å²) in [7, 11) is 0. The van der Waals surface area contributed by atoms with Gasteiger partial charge in [-0.2, -0.15) is 5.26 Å². The smallest absolute Gasteiger partial charge is 0.176 e. The Morgan fingerprint density at radius 2 is 0.736 bits per heavy atom. The highest BCUT2D eigenvalue weighted by Gasteiger charge is 2.76. The molecular weight excluding hydrogens is 1350 g/mol. The van der Waals surface area contributed by atoms with Crippen molar-refractivity contribution in [1.29, 1.82) is 5.26 Å². The van der Waals surface area contributed by atoms with Crippen molar-refractivity contribution in [3.8, 4) is 23.3 Å². The van der Waals surface area contributed by atoms with Gasteiger partial charge in [0.1, 0.15) is 34.3 Å². The van der Waals surface area contributed by atoms with Crippen LogP contribution in [0.15, 0.2) is 214 Å². The third-order valence-corrected chi connectivity index (χ3v) is 21.1. The standard InChI is InChI=1S/2C23H20BrClN2O2.C23H16BrClN2O2/c3*24-17-8-6-15(7-9-17)23-19(14-4-2-1-3-5-14)10-16(12-26)22(23,28)21-20(29-23)11-18(25)13-27-21/h2*1-9,11,13,16,19,28H,10,12,26H2;1-9,11,13,16,19,28H,10H2/t3*16-,19-,22+,23-/m000/s1. The van der Waals surface area contributed by atoms with Gasteiger partial charge in [0.05, 0.1) is 27.1 Å². The van der Waals surface area contributed by atoms with Crippen LogP contribution in [0.1, 0.15) is 87.5 Å². The minimum atomic E-state index is -1.60. The average molecular weight is 1410 g/mol. The minimum Gasteiger partial charge on any atom is -0.476 e. The summed E-state index contributed by atoms with van der Waals surface area (Å²) in [5.41, 5.74) is 12.0. The molecule has 9 aromatic rings. The molecule has 0 radical (unpaired) electrons. The molecule has 3 fully saturated rings. The molecule has 0 spiro atoms. The van der Waals surface area contributed by atoms with Crippen LogP contribution in [0.5, 0.6) is 17.2 Å². The third-order valence-electron chi connectivity index (χ3n) is 18.9. The highest BCUT2D eigenvalue weighted by atomic mass is 79.9. The van der Waals surface area contributed by atoms with Crippen molar-refractivity contribution >= 4 is 82.6 Å². The highest BCUT2D eigenvalue weighted by molar-refractivity contribution is 9.11. The van der Waals surface area contributed by atoms with Crippen molar-refractivity contribution in [3.63, 3.8) is 0 Å². The molecule has 18 heteroatoms. The molecule has 3 aliphatic carbocycles. The van der Waals surface area contributed by atoms with Crippen LogP contribution >= 0.6 is 82.6 Å². The van der Waals surface area contributed by atoms with Crippen molar-refractivity contribution in [3.05, 3.63) is 280 Å². The molecule has 0 unspecified atom stereocenters. The molecule has 15 rings (SSSR count). The average Bonchev–Trinajstić information content (AvgIpc) is 1.54. The molecule has 0 amide bonds. The van der Waals surface area contributed by atoms with Crippen molar-refractivity contribution in [2.24, 2.45) is 29.2 Å². The fraction of sp³-hybridized carbons (Fsp3) is 0.246. The first-order valence-corrected chi connectivity index (χ1v) is 32.0. The van der Waals surface area contributed by atoms with Crippen LogP contribution in [0.4, 0.5) is 0 Å². The van der Waals surface area contributed by atoms with Crippen LogP contribution in [0.25, 0.3) is 0 Å². The summed E-state index contributed by atoms with van der Waals surface area (Å²) in [4.78, 5) is 13.5. The number of pyridine rings is 3. The van der Waals surface area contributed by atoms with Crippen molar-refractivity contribution in [2.45, 2.75) is 70.6 Å². The van der Waals surface area contributed by atoms with Gasteiger partial charge in [-0.3, -0.25) is 15.0 Å². The Labute approximate surface area is 543 Å². The zero-order chi connectivity index (χ0) is 60.7. The highest BCUT2D eigenvalue weighted by Crippen LogP contribution is 2.71. The van der Waals surface area contributed by atoms with E-state index in [4.69, 9.17) is 60.5 Å². The summed E-state index contributed by atoms with van der Waals surface area (Å²) < 4.78 is 22.7. The van der Waals surface area contributed by atoms with Crippen LogP contribution < -0.4 is 25.7 Å². The summed E-state index contributed by atoms with van der Waals surface area (Å²) in [5, 5.41) is 48.2. The lowest BCUT2D eigenvalue weighted by Gasteiger charge is -2.41. The number of benzene rings is 6. The Kier molecular flexibility index (Phi) is 15.8. The summed E-state index contributed by atoms with van der Waals surface area (Å²) in [6.45, 7) is 0.649. The molecule has 7 N–H and O–H groups in total. The van der Waals surface area contributed by atoms with Crippen LogP contribution in [0, 0.1) is 29.1 Å². The van der Waals surface area contributed by atoms with Crippen molar-refractivity contribution < 1.29 is 29.5 Å². The maximum Gasteiger partial charge on any atom is 0.176 e. The molecule has 6 aromatic carbocycles. The Hall–Kier alpha value is -6.23. The van der Waals surface area contributed by atoms with Crippen LogP contribution in [0.2, 0.25) is 15.1 Å². The number of aliphatic hydroxyl groups is 3. The minimum absolute atomic E-state index is 0.101. The Balaban J connectivity index is 0.000000121. The lowest BCUT2D eigenvalue weighted by molar-refractivity contribution is -0.127. The number of hydrogen-bond donors (Lipinski definition) is 5. The number of nitrogens with zero attached hydrogens (tertiary/aromatic N) is 4. The zero-order valence-electron chi connectivity index (χ0n) is 46.3. The predicted octanol–water partition coefficient (Wildman–Crippen LogP) is 14.8. The third kappa shape index (κ3) is 9.06. The molecule has 3 aliphatic heterocycles. The normalized spacial score (nSPS) is 29.8. The van der Waals surface area contributed by atoms with E-state index < -0.39 is 39.5 Å². The molecule has 87 heavy (non-hydrogen) atoms. The van der Waals surface area contributed by atoms with E-state index in [9.17, 15) is 20.6 Å². The van der Waals surface area contributed by atoms with E-state index in [0.717, 1.165) is 46.8 Å². The summed E-state index contributed by atoms with van der Waals surface area (Å²) in [6, 6.07) is 61.2. The first-order valence-electron chi connectivity index (χ1n) is 28.5. The van der Waals surface area contributed by atoms with Gasteiger partial charge >= 0.3 is 0 Å². The number of halogens is 6. The number of rotatable bonds is 8. The number of aromatic nitrogens is 3. The monoisotopic (exact) mass is 1410 g/mol. The SMILES string of the molecule is N#C[C@@H]1C[C@@H](c2ccccc2)[C@]2(c3ccc(Br)cc3)Oc3cc(Cl)cnc3[C@]12O.NC[C@@H]1C[C@@H](c2ccccc2)[C@]2(c3ccc(Br)cc3)Oc3cc(Cl)cnc3[C@]12O.NC[C@@H]1C[C@@H](c2ccccc2)[C@]2(c3ccc(Br)cc3)Oc3cc(Cl)cnc3[C@]12O. The number of hydrogen-bond acceptors (Lipinski definition) is 12. The van der Waals surface area contributed by atoms with E-state index in [2.05, 4.69) is 93.1 Å². The molecule has 6 aliphatic rings. The predicted molar refractivity (Wildman–Crippen MR) is 344 cm³/mol. The van der Waals surface area contributed by atoms with Gasteiger partial charge in [-0.15, -0.1) is 0 Å². The van der Waals surface area contributed by atoms with Crippen LogP contribution in [-0.2, 0) is 33.6 Å². The van der Waals surface area contributed by atoms with Gasteiger partial charge in [0.25, 0.3) is 0 Å². The zero-order valence-corrected chi connectivity index (χ0v) is 53.4. The number of fused-ring (bicyclic) bond motifs is 9. The summed E-state index contributed by atoms with van der Waals surface area (Å²) in [6.07, 6.45) is 6.44. The van der Waals surface area contributed by atoms with Gasteiger partial charge in [-0.1, -0.05) is 210 Å². The van der Waals surface area contributed by atoms with E-state index in [-0.39, 0.29) is 29.6 Å². The van der Waals surface area contributed by atoms with Gasteiger partial charge in [-0.25, -0.2) is 0 Å². The lowest BCUT2D eigenvalue weighted by Crippen LogP contribution is -2.51. The molecule has 440 valence electrons. The number of nitriles is 1. The maximum absolute atomic E-state index is 12.3. The van der Waals surface area contributed by atoms with E-state index in [1.165, 1.54) is 6.20 Å². The molecule has 3 aromatic heterocycles. The number of ether oxygens (including phenoxy) is 3. The molecule has 12 nitrogen and oxygen atoms in total. The fourth-order valence-electron chi connectivity index (χ4n) is 15.3. The molecular formula is C69H56Br3Cl3N6O6. The van der Waals surface area contributed by atoms with Gasteiger partial charge < -0.3 is 41.0 Å². The summed E-state index contributed by atoms with van der Waals surface area (Å²) >= 11 is 29.1. The van der Waals surface area contributed by atoms with E-state index in [0.29, 0.717) is 81.8 Å². The Morgan fingerprint density at radius 1 is 0.448 bits per heavy atom. The fourth-order valence-corrected chi connectivity index (χ4v) is 16.5. The second kappa shape index (κ2) is 23.0. The van der Waals surface area contributed by atoms with Crippen molar-refractivity contribution in [2.75, 3.05) is 13.1 Å². The van der Waals surface area contributed by atoms with Gasteiger partial charge in [0.2, 0.25) is 0 Å². The lowest BCUT2D eigenvalue weighted by atomic mass is 9.71. The first kappa shape index (κ1) is 59.7. The second-order valence-electron chi connectivity index (χ2n) is 23.0. The van der Waals surface area contributed by atoms with Crippen LogP contribution in [-0.4, -0.2) is 43.4 Å². The molecule has 0 saturated heterocycles. The molecule has 6 heterocycles. The molecule has 12 atom stereocenters. The molecule has 0 bridgehead atoms. The van der Waals surface area contributed by atoms with E-state index in [1.54, 1.807) is 30.6 Å². The quantitative estimate of drug-likeness (QED) is 0.0965. The van der Waals surface area contributed by atoms with Crippen LogP contribution in [0.3, 0.4) is 0 Å². The van der Waals surface area contributed by atoms with E-state index in [1.807, 2.05) is 140 Å². The summed E-state index contributed by atoms with van der Waals surface area (Å²) in [5.74, 6) is -0.114. The van der Waals surface area contributed by atoms with Crippen molar-refractivity contribution in [1.82, 2.24) is 15.0 Å². The van der Waals surface area contributed by atoms with Gasteiger partial charge in [0, 0.05) is 79.8 Å². The largest absolute Gasteiger partial charge is 0.476 e. The van der Waals surface area contributed by atoms with E-state index >= 15 is 0 Å². The van der Waals surface area contributed by atoms with Gasteiger partial charge in [-0.05, 0) is 102 Å². The van der Waals surface area contributed by atoms with Gasteiger partial charge in [0.15, 0.2) is 33.6 Å². The first-order chi connectivity index (χ1) is 42.0. The Morgan fingerprint density at radius 3 is 1.03 bits per heavy atom. The second-order valence-corrected chi connectivity index (χ2v) is 27.0. The topological polar surface area (TPSA) is 203 Å². The maximum atomic E-state index is 12.3.